The summed E-state index contributed by atoms with van der Waals surface area (Å²) in [4.78, 5) is 8.57. The first-order valence-corrected chi connectivity index (χ1v) is 4.61. The Balaban J connectivity index is 0. The zero-order valence-electron chi connectivity index (χ0n) is 6.27. The molecule has 1 aromatic rings. The molecule has 0 fully saturated rings. The van der Waals surface area contributed by atoms with Gasteiger partial charge in [0.15, 0.2) is 5.85 Å². The predicted molar refractivity (Wildman–Crippen MR) is 53.4 cm³/mol. The van der Waals surface area contributed by atoms with Gasteiger partial charge in [-0.05, 0) is 5.56 Å². The van der Waals surface area contributed by atoms with Crippen molar-refractivity contribution in [3.63, 3.8) is 0 Å². The number of hydrogen-bond acceptors (Lipinski definition) is 2. The molecule has 0 spiro atoms. The maximum absolute atomic E-state index is 10.4. The minimum atomic E-state index is -2.86. The Morgan fingerprint density at radius 3 is 2.08 bits per heavy atom. The van der Waals surface area contributed by atoms with Gasteiger partial charge in [0, 0.05) is 0 Å². The van der Waals surface area contributed by atoms with E-state index in [1.807, 2.05) is 0 Å². The van der Waals surface area contributed by atoms with Gasteiger partial charge in [0.05, 0.1) is 0 Å². The van der Waals surface area contributed by atoms with E-state index in [1.165, 1.54) is 0 Å². The zero-order valence-corrected chi connectivity index (χ0v) is 7.27. The third-order valence-corrected chi connectivity index (χ3v) is 2.15. The summed E-state index contributed by atoms with van der Waals surface area (Å²) in [6.45, 7) is 0. The summed E-state index contributed by atoms with van der Waals surface area (Å²) in [5.41, 5.74) is 0.485. The summed E-state index contributed by atoms with van der Waals surface area (Å²) in [6, 6.07) is 8.43. The van der Waals surface area contributed by atoms with Crippen LogP contribution in [-0.4, -0.2) is 45.0 Å². The summed E-state index contributed by atoms with van der Waals surface area (Å²) in [7, 11) is -2.86. The second-order valence-electron chi connectivity index (χ2n) is 2.15. The van der Waals surface area contributed by atoms with Gasteiger partial charge < -0.3 is 15.5 Å². The van der Waals surface area contributed by atoms with Gasteiger partial charge in [0.1, 0.15) is 0 Å². The number of aliphatic hydroxyl groups is 1. The van der Waals surface area contributed by atoms with Gasteiger partial charge in [0.2, 0.25) is 8.03 Å². The molecule has 2 atom stereocenters. The molecule has 6 heteroatoms. The second-order valence-corrected chi connectivity index (χ2v) is 3.37. The monoisotopic (exact) mass is 214 g/mol. The third-order valence-electron chi connectivity index (χ3n) is 1.35. The number of hydrogen-bond donors (Lipinski definition) is 2. The second kappa shape index (κ2) is 7.71. The van der Waals surface area contributed by atoms with Crippen LogP contribution >= 0.6 is 8.03 Å². The molecular weight excluding hydrogens is 202 g/mol. The molecule has 70 valence electrons. The quantitative estimate of drug-likeness (QED) is 0.521. The molecule has 0 saturated carbocycles. The predicted octanol–water partition coefficient (Wildman–Crippen LogP) is -0.329. The Hall–Kier alpha value is 0.330. The van der Waals surface area contributed by atoms with Crippen molar-refractivity contribution in [1.29, 1.82) is 0 Å². The van der Waals surface area contributed by atoms with Crippen molar-refractivity contribution in [2.75, 3.05) is 0 Å². The Bertz CT molecular complexity index is 254. The molecule has 1 rings (SSSR count). The van der Waals surface area contributed by atoms with Gasteiger partial charge in [-0.3, -0.25) is 4.57 Å². The molecule has 2 unspecified atom stereocenters. The maximum atomic E-state index is 10.4. The molecule has 0 aliphatic carbocycles. The van der Waals surface area contributed by atoms with Crippen molar-refractivity contribution in [1.82, 2.24) is 0 Å². The SMILES string of the molecule is O.O=[PH](O)C(O)c1ccccc1.[NaH]. The molecule has 0 aromatic heterocycles. The zero-order chi connectivity index (χ0) is 8.27. The number of benzene rings is 1. The topological polar surface area (TPSA) is 89.0 Å². The van der Waals surface area contributed by atoms with Crippen LogP contribution in [-0.2, 0) is 4.57 Å². The van der Waals surface area contributed by atoms with Crippen LogP contribution in [0.4, 0.5) is 0 Å². The summed E-state index contributed by atoms with van der Waals surface area (Å²) in [5.74, 6) is -1.22. The van der Waals surface area contributed by atoms with Gasteiger partial charge in [-0.15, -0.1) is 0 Å². The molecule has 13 heavy (non-hydrogen) atoms. The molecule has 0 aliphatic rings. The van der Waals surface area contributed by atoms with E-state index in [0.717, 1.165) is 0 Å². The van der Waals surface area contributed by atoms with E-state index in [4.69, 9.17) is 10.00 Å². The van der Waals surface area contributed by atoms with E-state index in [-0.39, 0.29) is 35.0 Å². The van der Waals surface area contributed by atoms with E-state index in [9.17, 15) is 4.57 Å². The number of aliphatic hydroxyl groups excluding tert-OH is 1. The Labute approximate surface area is 99.1 Å². The van der Waals surface area contributed by atoms with Gasteiger partial charge >= 0.3 is 29.6 Å². The fourth-order valence-corrected chi connectivity index (χ4v) is 1.26. The molecular formula is C7H12NaO4P. The van der Waals surface area contributed by atoms with Crippen LogP contribution in [0.25, 0.3) is 0 Å². The van der Waals surface area contributed by atoms with Gasteiger partial charge in [-0.1, -0.05) is 30.3 Å². The van der Waals surface area contributed by atoms with Crippen molar-refractivity contribution < 1.29 is 20.0 Å². The standard InChI is InChI=1S/C7H9O3P.Na.H2O.H/c8-7(11(9)10)6-4-2-1-3-5-6;;;/h1-5,7-8,11H,(H,9,10);;1H2;. The molecule has 0 saturated heterocycles. The fourth-order valence-electron chi connectivity index (χ4n) is 0.778. The molecule has 1 aromatic carbocycles. The van der Waals surface area contributed by atoms with E-state index in [0.29, 0.717) is 5.56 Å². The van der Waals surface area contributed by atoms with Crippen LogP contribution < -0.4 is 0 Å². The van der Waals surface area contributed by atoms with E-state index in [1.54, 1.807) is 30.3 Å². The van der Waals surface area contributed by atoms with Gasteiger partial charge in [-0.2, -0.15) is 0 Å². The van der Waals surface area contributed by atoms with E-state index in [2.05, 4.69) is 0 Å². The van der Waals surface area contributed by atoms with Crippen molar-refractivity contribution in [2.45, 2.75) is 5.85 Å². The first-order valence-electron chi connectivity index (χ1n) is 3.17. The molecule has 0 bridgehead atoms. The van der Waals surface area contributed by atoms with Crippen molar-refractivity contribution in [2.24, 2.45) is 0 Å². The van der Waals surface area contributed by atoms with Gasteiger partial charge in [-0.25, -0.2) is 0 Å². The van der Waals surface area contributed by atoms with Crippen molar-refractivity contribution in [3.8, 4) is 0 Å². The molecule has 4 N–H and O–H groups in total. The Kier molecular flexibility index (Phi) is 9.36. The van der Waals surface area contributed by atoms with Crippen LogP contribution in [0.15, 0.2) is 30.3 Å². The average Bonchev–Trinajstić information content (AvgIpc) is 2.05. The van der Waals surface area contributed by atoms with Crippen LogP contribution in [0, 0.1) is 0 Å². The molecule has 0 radical (unpaired) electrons. The normalized spacial score (nSPS) is 13.4. The average molecular weight is 214 g/mol. The number of rotatable bonds is 2. The Morgan fingerprint density at radius 2 is 1.69 bits per heavy atom. The molecule has 0 heterocycles. The first kappa shape index (κ1) is 15.8. The van der Waals surface area contributed by atoms with Crippen LogP contribution in [0.5, 0.6) is 0 Å². The summed E-state index contributed by atoms with van der Waals surface area (Å²) >= 11 is 0. The third kappa shape index (κ3) is 4.93. The molecule has 4 nitrogen and oxygen atoms in total. The van der Waals surface area contributed by atoms with Crippen LogP contribution in [0.2, 0.25) is 0 Å². The van der Waals surface area contributed by atoms with Crippen molar-refractivity contribution >= 4 is 37.6 Å². The fraction of sp³-hybridized carbons (Fsp3) is 0.143. The van der Waals surface area contributed by atoms with Crippen molar-refractivity contribution in [3.05, 3.63) is 35.9 Å². The van der Waals surface area contributed by atoms with Gasteiger partial charge in [0.25, 0.3) is 0 Å². The summed E-state index contributed by atoms with van der Waals surface area (Å²) < 4.78 is 10.4. The summed E-state index contributed by atoms with van der Waals surface area (Å²) in [5, 5.41) is 9.08. The van der Waals surface area contributed by atoms with Crippen LogP contribution in [0.3, 0.4) is 0 Å². The van der Waals surface area contributed by atoms with E-state index < -0.39 is 13.9 Å². The minimum absolute atomic E-state index is 0. The van der Waals surface area contributed by atoms with E-state index >= 15 is 0 Å². The Morgan fingerprint density at radius 1 is 1.23 bits per heavy atom. The first-order chi connectivity index (χ1) is 5.22. The molecule has 0 aliphatic heterocycles. The summed E-state index contributed by atoms with van der Waals surface area (Å²) in [6.07, 6.45) is 0. The van der Waals surface area contributed by atoms with Crippen LogP contribution in [0.1, 0.15) is 11.4 Å². The molecule has 0 amide bonds.